The molecule has 2 aromatic rings. The van der Waals surface area contributed by atoms with Crippen molar-refractivity contribution in [3.8, 4) is 0 Å². The Morgan fingerprint density at radius 2 is 1.38 bits per heavy atom. The van der Waals surface area contributed by atoms with Gasteiger partial charge in [-0.25, -0.2) is 0 Å². The summed E-state index contributed by atoms with van der Waals surface area (Å²) in [5.41, 5.74) is 2.24. The number of halogens is 3. The molecule has 0 aliphatic carbocycles. The van der Waals surface area contributed by atoms with Gasteiger partial charge in [-0.1, -0.05) is 63.9 Å². The molecule has 0 spiro atoms. The summed E-state index contributed by atoms with van der Waals surface area (Å²) in [7, 11) is 0.785. The van der Waals surface area contributed by atoms with Gasteiger partial charge in [-0.2, -0.15) is 0 Å². The molecule has 2 rings (SSSR count). The van der Waals surface area contributed by atoms with Crippen LogP contribution in [0.1, 0.15) is 0 Å². The first kappa shape index (κ1) is 11.8. The van der Waals surface area contributed by atoms with E-state index in [0.29, 0.717) is 10.0 Å². The Morgan fingerprint density at radius 3 is 2.00 bits per heavy atom. The quantitative estimate of drug-likeness (QED) is 0.735. The maximum atomic E-state index is 6.10. The van der Waals surface area contributed by atoms with Crippen molar-refractivity contribution in [2.75, 3.05) is 0 Å². The van der Waals surface area contributed by atoms with Crippen LogP contribution in [-0.4, -0.2) is 7.28 Å². The number of hydrogen-bond acceptors (Lipinski definition) is 0. The maximum absolute atomic E-state index is 6.10. The first-order valence-electron chi connectivity index (χ1n) is 4.83. The van der Waals surface area contributed by atoms with Gasteiger partial charge in [-0.05, 0) is 24.3 Å². The van der Waals surface area contributed by atoms with Crippen molar-refractivity contribution in [3.05, 3.63) is 57.5 Å². The van der Waals surface area contributed by atoms with Crippen LogP contribution >= 0.6 is 34.8 Å². The van der Waals surface area contributed by atoms with Gasteiger partial charge in [0.25, 0.3) is 0 Å². The van der Waals surface area contributed by atoms with Gasteiger partial charge in [0.05, 0.1) is 0 Å². The Kier molecular flexibility index (Phi) is 3.80. The van der Waals surface area contributed by atoms with Crippen molar-refractivity contribution < 1.29 is 0 Å². The third kappa shape index (κ3) is 2.94. The zero-order valence-electron chi connectivity index (χ0n) is 8.38. The molecule has 0 amide bonds. The van der Waals surface area contributed by atoms with Crippen LogP contribution in [0.4, 0.5) is 0 Å². The highest BCUT2D eigenvalue weighted by Gasteiger charge is 2.04. The predicted molar refractivity (Wildman–Crippen MR) is 74.3 cm³/mol. The van der Waals surface area contributed by atoms with Crippen molar-refractivity contribution in [1.29, 1.82) is 0 Å². The molecule has 0 N–H and O–H groups in total. The van der Waals surface area contributed by atoms with E-state index in [-0.39, 0.29) is 0 Å². The lowest BCUT2D eigenvalue weighted by atomic mass is 9.64. The molecule has 16 heavy (non-hydrogen) atoms. The van der Waals surface area contributed by atoms with Gasteiger partial charge >= 0.3 is 0 Å². The highest BCUT2D eigenvalue weighted by Crippen LogP contribution is 2.13. The summed E-state index contributed by atoms with van der Waals surface area (Å²) in [4.78, 5) is 0. The zero-order valence-corrected chi connectivity index (χ0v) is 10.7. The van der Waals surface area contributed by atoms with Crippen LogP contribution < -0.4 is 10.9 Å². The van der Waals surface area contributed by atoms with Gasteiger partial charge in [0.1, 0.15) is 0 Å². The molecular weight excluding hydrogens is 261 g/mol. The summed E-state index contributed by atoms with van der Waals surface area (Å²) in [6.45, 7) is 0. The maximum Gasteiger partial charge on any atom is 0.194 e. The van der Waals surface area contributed by atoms with E-state index in [0.717, 1.165) is 17.8 Å². The summed E-state index contributed by atoms with van der Waals surface area (Å²) < 4.78 is 0. The molecule has 0 bridgehead atoms. The van der Waals surface area contributed by atoms with Crippen molar-refractivity contribution in [2.24, 2.45) is 0 Å². The third-order valence-electron chi connectivity index (χ3n) is 2.32. The van der Waals surface area contributed by atoms with Crippen molar-refractivity contribution in [2.45, 2.75) is 0 Å². The van der Waals surface area contributed by atoms with Gasteiger partial charge in [-0.15, -0.1) is 0 Å². The molecule has 0 saturated heterocycles. The first-order valence-corrected chi connectivity index (χ1v) is 5.97. The Balaban J connectivity index is 2.23. The monoisotopic (exact) mass is 268 g/mol. The topological polar surface area (TPSA) is 0 Å². The summed E-state index contributed by atoms with van der Waals surface area (Å²) in [5, 5.41) is 2.10. The molecule has 0 radical (unpaired) electrons. The van der Waals surface area contributed by atoms with Crippen LogP contribution in [0, 0.1) is 0 Å². The molecule has 0 nitrogen and oxygen atoms in total. The average Bonchev–Trinajstić information content (AvgIpc) is 2.25. The molecular formula is C12H8BCl3. The van der Waals surface area contributed by atoms with Crippen molar-refractivity contribution in [1.82, 2.24) is 0 Å². The highest BCUT2D eigenvalue weighted by molar-refractivity contribution is 6.70. The number of hydrogen-bond donors (Lipinski definition) is 0. The minimum Gasteiger partial charge on any atom is -0.0849 e. The van der Waals surface area contributed by atoms with Gasteiger partial charge in [0, 0.05) is 15.1 Å². The minimum atomic E-state index is 0.657. The largest absolute Gasteiger partial charge is 0.194 e. The third-order valence-corrected chi connectivity index (χ3v) is 3.16. The molecule has 2 aromatic carbocycles. The fourth-order valence-corrected chi connectivity index (χ4v) is 2.09. The van der Waals surface area contributed by atoms with Gasteiger partial charge in [0.2, 0.25) is 0 Å². The van der Waals surface area contributed by atoms with E-state index < -0.39 is 0 Å². The molecule has 0 fully saturated rings. The van der Waals surface area contributed by atoms with Crippen molar-refractivity contribution >= 4 is 53.0 Å². The Hall–Kier alpha value is -0.625. The SMILES string of the molecule is Clc1ccc(Bc2ccc(Cl)cc2Cl)cc1. The second-order valence-corrected chi connectivity index (χ2v) is 4.82. The second-order valence-electron chi connectivity index (χ2n) is 3.54. The summed E-state index contributed by atoms with van der Waals surface area (Å²) in [6.07, 6.45) is 0. The van der Waals surface area contributed by atoms with Gasteiger partial charge < -0.3 is 0 Å². The Labute approximate surface area is 110 Å². The van der Waals surface area contributed by atoms with E-state index in [2.05, 4.69) is 0 Å². The summed E-state index contributed by atoms with van der Waals surface area (Å²) in [5.74, 6) is 0. The van der Waals surface area contributed by atoms with E-state index in [9.17, 15) is 0 Å². The molecule has 0 atom stereocenters. The van der Waals surface area contributed by atoms with E-state index >= 15 is 0 Å². The fraction of sp³-hybridized carbons (Fsp3) is 0. The Bertz CT molecular complexity index is 494. The summed E-state index contributed by atoms with van der Waals surface area (Å²) in [6, 6.07) is 13.3. The van der Waals surface area contributed by atoms with Gasteiger partial charge in [0.15, 0.2) is 7.28 Å². The van der Waals surface area contributed by atoms with E-state index in [4.69, 9.17) is 34.8 Å². The molecule has 80 valence electrons. The van der Waals surface area contributed by atoms with Crippen LogP contribution in [0.5, 0.6) is 0 Å². The minimum absolute atomic E-state index is 0.657. The molecule has 4 heteroatoms. The highest BCUT2D eigenvalue weighted by atomic mass is 35.5. The van der Waals surface area contributed by atoms with E-state index in [1.807, 2.05) is 36.4 Å². The van der Waals surface area contributed by atoms with Crippen LogP contribution in [0.15, 0.2) is 42.5 Å². The van der Waals surface area contributed by atoms with Crippen molar-refractivity contribution in [3.63, 3.8) is 0 Å². The zero-order chi connectivity index (χ0) is 11.5. The van der Waals surface area contributed by atoms with Crippen LogP contribution in [0.2, 0.25) is 15.1 Å². The smallest absolute Gasteiger partial charge is 0.0849 e. The van der Waals surface area contributed by atoms with Gasteiger partial charge in [-0.3, -0.25) is 0 Å². The van der Waals surface area contributed by atoms with E-state index in [1.54, 1.807) is 6.07 Å². The molecule has 0 aromatic heterocycles. The average molecular weight is 269 g/mol. The molecule has 0 saturated carbocycles. The van der Waals surface area contributed by atoms with Crippen LogP contribution in [0.3, 0.4) is 0 Å². The molecule has 0 unspecified atom stereocenters. The predicted octanol–water partition coefficient (Wildman–Crippen LogP) is 3.03. The standard InChI is InChI=1S/C12H8BCl3/c14-9-3-1-8(2-4-9)13-11-6-5-10(15)7-12(11)16/h1-7,13H. The lowest BCUT2D eigenvalue weighted by Crippen LogP contribution is -2.27. The second kappa shape index (κ2) is 5.14. The fourth-order valence-electron chi connectivity index (χ4n) is 1.49. The summed E-state index contributed by atoms with van der Waals surface area (Å²) >= 11 is 17.8. The molecule has 0 aliphatic rings. The molecule has 0 aliphatic heterocycles. The van der Waals surface area contributed by atoms with E-state index in [1.165, 1.54) is 5.46 Å². The van der Waals surface area contributed by atoms with Crippen LogP contribution in [0.25, 0.3) is 0 Å². The lowest BCUT2D eigenvalue weighted by Gasteiger charge is -2.03. The lowest BCUT2D eigenvalue weighted by molar-refractivity contribution is 1.74. The Morgan fingerprint density at radius 1 is 0.750 bits per heavy atom. The first-order chi connectivity index (χ1) is 7.65. The normalized spacial score (nSPS) is 10.2. The number of benzene rings is 2. The molecule has 0 heterocycles. The van der Waals surface area contributed by atoms with Crippen LogP contribution in [-0.2, 0) is 0 Å². The number of rotatable bonds is 2.